The zero-order valence-electron chi connectivity index (χ0n) is 24.3. The van der Waals surface area contributed by atoms with Crippen molar-refractivity contribution in [3.63, 3.8) is 0 Å². The monoisotopic (exact) mass is 626 g/mol. The van der Waals surface area contributed by atoms with Gasteiger partial charge >= 0.3 is 0 Å². The number of hydrogen-bond acceptors (Lipinski definition) is 8. The fraction of sp³-hybridized carbons (Fsp3) is 0.0938. The molecule has 3 aromatic heterocycles. The van der Waals surface area contributed by atoms with Crippen molar-refractivity contribution < 1.29 is 27.1 Å². The number of halogens is 1. The van der Waals surface area contributed by atoms with E-state index in [2.05, 4.69) is 19.8 Å². The molecule has 0 saturated carbocycles. The molecule has 0 bridgehead atoms. The number of pyridine rings is 1. The number of methoxy groups -OCH3 is 1. The number of nitrogen functional groups attached to an aromatic ring is 1. The summed E-state index contributed by atoms with van der Waals surface area (Å²) in [5, 5.41) is 5.02. The van der Waals surface area contributed by atoms with Crippen molar-refractivity contribution in [3.05, 3.63) is 113 Å². The number of carbonyl (C=O) groups is 1. The third kappa shape index (κ3) is 5.68. The number of anilines is 2. The van der Waals surface area contributed by atoms with E-state index in [1.165, 1.54) is 48.5 Å². The lowest BCUT2D eigenvalue weighted by molar-refractivity contribution is 0.103. The number of sulfonamides is 1. The number of ketones is 1. The SMILES string of the molecule is COc1cccc(S(=O)(=O)Nc2cc3[nH]c(C(=O)c4cnn(-c5cnc(Oc6ccccc6F)cc5C)c4N)cc3cc2C)c1. The molecular weight excluding hydrogens is 599 g/mol. The number of H-pyrrole nitrogens is 1. The molecule has 4 N–H and O–H groups in total. The van der Waals surface area contributed by atoms with Gasteiger partial charge in [0.2, 0.25) is 11.7 Å². The normalized spacial score (nSPS) is 11.5. The predicted molar refractivity (Wildman–Crippen MR) is 167 cm³/mol. The first-order valence-electron chi connectivity index (χ1n) is 13.6. The first kappa shape index (κ1) is 29.4. The summed E-state index contributed by atoms with van der Waals surface area (Å²) in [6.07, 6.45) is 2.84. The highest BCUT2D eigenvalue weighted by Crippen LogP contribution is 2.30. The third-order valence-corrected chi connectivity index (χ3v) is 8.56. The fourth-order valence-electron chi connectivity index (χ4n) is 4.81. The van der Waals surface area contributed by atoms with Crippen molar-refractivity contribution in [3.8, 4) is 23.1 Å². The molecule has 0 aliphatic rings. The Morgan fingerprint density at radius 1 is 1.00 bits per heavy atom. The van der Waals surface area contributed by atoms with Gasteiger partial charge in [0.05, 0.1) is 47.0 Å². The molecule has 11 nitrogen and oxygen atoms in total. The minimum absolute atomic E-state index is 0.0403. The van der Waals surface area contributed by atoms with Crippen molar-refractivity contribution in [1.82, 2.24) is 19.7 Å². The topological polar surface area (TPSA) is 154 Å². The maximum atomic E-state index is 14.0. The Labute approximate surface area is 257 Å². The number of nitrogens with two attached hydrogens (primary N) is 1. The number of carbonyl (C=O) groups excluding carboxylic acids is 1. The molecule has 0 radical (unpaired) electrons. The predicted octanol–water partition coefficient (Wildman–Crippen LogP) is 5.92. The van der Waals surface area contributed by atoms with Gasteiger partial charge < -0.3 is 20.2 Å². The number of nitrogens with one attached hydrogen (secondary N) is 2. The van der Waals surface area contributed by atoms with E-state index < -0.39 is 21.6 Å². The second kappa shape index (κ2) is 11.4. The molecule has 0 spiro atoms. The number of benzene rings is 3. The summed E-state index contributed by atoms with van der Waals surface area (Å²) in [5.41, 5.74) is 9.52. The summed E-state index contributed by atoms with van der Waals surface area (Å²) in [6, 6.07) is 18.8. The minimum Gasteiger partial charge on any atom is -0.497 e. The van der Waals surface area contributed by atoms with Crippen molar-refractivity contribution in [2.75, 3.05) is 17.6 Å². The molecule has 0 atom stereocenters. The Hall–Kier alpha value is -5.69. The van der Waals surface area contributed by atoms with Crippen LogP contribution in [0.3, 0.4) is 0 Å². The van der Waals surface area contributed by atoms with Crippen LogP contribution in [-0.4, -0.2) is 41.1 Å². The molecule has 3 heterocycles. The number of hydrogen-bond donors (Lipinski definition) is 3. The lowest BCUT2D eigenvalue weighted by atomic mass is 10.1. The highest BCUT2D eigenvalue weighted by molar-refractivity contribution is 7.92. The van der Waals surface area contributed by atoms with Gasteiger partial charge in [-0.15, -0.1) is 0 Å². The fourth-order valence-corrected chi connectivity index (χ4v) is 5.97. The molecule has 0 fully saturated rings. The van der Waals surface area contributed by atoms with E-state index in [0.717, 1.165) is 0 Å². The van der Waals surface area contributed by atoms with Crippen molar-refractivity contribution in [1.29, 1.82) is 0 Å². The summed E-state index contributed by atoms with van der Waals surface area (Å²) in [6.45, 7) is 3.55. The first-order valence-corrected chi connectivity index (χ1v) is 15.1. The summed E-state index contributed by atoms with van der Waals surface area (Å²) in [4.78, 5) is 20.9. The minimum atomic E-state index is -3.91. The Balaban J connectivity index is 1.25. The van der Waals surface area contributed by atoms with Gasteiger partial charge in [-0.25, -0.2) is 22.5 Å². The molecule has 0 saturated heterocycles. The van der Waals surface area contributed by atoms with Crippen LogP contribution in [0, 0.1) is 19.7 Å². The quantitative estimate of drug-likeness (QED) is 0.167. The van der Waals surface area contributed by atoms with Crippen LogP contribution in [0.1, 0.15) is 27.2 Å². The number of rotatable bonds is 9. The van der Waals surface area contributed by atoms with Crippen LogP contribution in [0.4, 0.5) is 15.9 Å². The second-order valence-electron chi connectivity index (χ2n) is 10.2. The third-order valence-electron chi connectivity index (χ3n) is 7.19. The molecule has 45 heavy (non-hydrogen) atoms. The zero-order valence-corrected chi connectivity index (χ0v) is 25.1. The van der Waals surface area contributed by atoms with Gasteiger partial charge in [0.1, 0.15) is 11.6 Å². The zero-order chi connectivity index (χ0) is 31.9. The molecule has 6 aromatic rings. The van der Waals surface area contributed by atoms with Crippen LogP contribution in [0.25, 0.3) is 16.6 Å². The second-order valence-corrected chi connectivity index (χ2v) is 11.9. The van der Waals surface area contributed by atoms with Crippen molar-refractivity contribution >= 4 is 38.2 Å². The molecule has 13 heteroatoms. The van der Waals surface area contributed by atoms with Gasteiger partial charge in [-0.1, -0.05) is 18.2 Å². The van der Waals surface area contributed by atoms with E-state index >= 15 is 0 Å². The average molecular weight is 627 g/mol. The maximum absolute atomic E-state index is 14.0. The van der Waals surface area contributed by atoms with Crippen LogP contribution in [0.5, 0.6) is 17.4 Å². The van der Waals surface area contributed by atoms with Gasteiger partial charge in [0, 0.05) is 23.0 Å². The van der Waals surface area contributed by atoms with Crippen LogP contribution in [0.2, 0.25) is 0 Å². The number of aromatic nitrogens is 4. The van der Waals surface area contributed by atoms with E-state index in [1.54, 1.807) is 62.4 Å². The number of nitrogens with zero attached hydrogens (tertiary/aromatic N) is 3. The average Bonchev–Trinajstić information content (AvgIpc) is 3.61. The smallest absolute Gasteiger partial charge is 0.262 e. The number of para-hydroxylation sites is 1. The van der Waals surface area contributed by atoms with Gasteiger partial charge in [-0.05, 0) is 67.4 Å². The Morgan fingerprint density at radius 2 is 1.80 bits per heavy atom. The number of aromatic amines is 1. The Bertz CT molecular complexity index is 2210. The molecular formula is C32H27FN6O5S. The molecule has 228 valence electrons. The van der Waals surface area contributed by atoms with E-state index in [0.29, 0.717) is 39.2 Å². The summed E-state index contributed by atoms with van der Waals surface area (Å²) >= 11 is 0. The highest BCUT2D eigenvalue weighted by atomic mass is 32.2. The largest absolute Gasteiger partial charge is 0.497 e. The number of ether oxygens (including phenoxy) is 2. The number of aryl methyl sites for hydroxylation is 2. The van der Waals surface area contributed by atoms with E-state index in [1.807, 2.05) is 0 Å². The molecule has 0 amide bonds. The van der Waals surface area contributed by atoms with Crippen molar-refractivity contribution in [2.24, 2.45) is 0 Å². The summed E-state index contributed by atoms with van der Waals surface area (Å²) in [5.74, 6) is -0.193. The molecule has 3 aromatic carbocycles. The molecule has 6 rings (SSSR count). The Morgan fingerprint density at radius 3 is 2.56 bits per heavy atom. The van der Waals surface area contributed by atoms with E-state index in [-0.39, 0.29) is 33.6 Å². The maximum Gasteiger partial charge on any atom is 0.262 e. The number of fused-ring (bicyclic) bond motifs is 1. The van der Waals surface area contributed by atoms with E-state index in [9.17, 15) is 17.6 Å². The van der Waals surface area contributed by atoms with Gasteiger partial charge in [-0.3, -0.25) is 9.52 Å². The highest BCUT2D eigenvalue weighted by Gasteiger charge is 2.22. The lowest BCUT2D eigenvalue weighted by Gasteiger charge is -2.11. The first-order chi connectivity index (χ1) is 21.5. The van der Waals surface area contributed by atoms with E-state index in [4.69, 9.17) is 15.2 Å². The van der Waals surface area contributed by atoms with Crippen LogP contribution < -0.4 is 19.9 Å². The lowest BCUT2D eigenvalue weighted by Crippen LogP contribution is -2.13. The molecule has 0 unspecified atom stereocenters. The van der Waals surface area contributed by atoms with Crippen LogP contribution in [-0.2, 0) is 10.0 Å². The van der Waals surface area contributed by atoms with Gasteiger partial charge in [-0.2, -0.15) is 5.10 Å². The molecule has 0 aliphatic heterocycles. The summed E-state index contributed by atoms with van der Waals surface area (Å²) < 4.78 is 54.9. The van der Waals surface area contributed by atoms with Gasteiger partial charge in [0.15, 0.2) is 11.6 Å². The van der Waals surface area contributed by atoms with Crippen LogP contribution >= 0.6 is 0 Å². The molecule has 0 aliphatic carbocycles. The van der Waals surface area contributed by atoms with Crippen LogP contribution in [0.15, 0.2) is 90.1 Å². The Kier molecular flexibility index (Phi) is 7.46. The summed E-state index contributed by atoms with van der Waals surface area (Å²) in [7, 11) is -2.45. The standard InChI is InChI=1S/C32H27FN6O5S/c1-18-11-20-13-27(37-26(20)15-25(18)38-45(41,42)22-8-6-7-21(14-22)43-3)31(40)23-16-36-39(32(23)34)28-17-35-30(12-19(28)2)44-29-10-5-4-9-24(29)33/h4-17,37-38H,34H2,1-3H3. The van der Waals surface area contributed by atoms with Crippen molar-refractivity contribution in [2.45, 2.75) is 18.7 Å². The van der Waals surface area contributed by atoms with Gasteiger partial charge in [0.25, 0.3) is 10.0 Å².